The van der Waals surface area contributed by atoms with Crippen LogP contribution in [0.15, 0.2) is 22.7 Å². The maximum absolute atomic E-state index is 12.1. The van der Waals surface area contributed by atoms with E-state index in [1.165, 1.54) is 6.42 Å². The van der Waals surface area contributed by atoms with Crippen LogP contribution >= 0.6 is 27.5 Å². The number of rotatable bonds is 3. The summed E-state index contributed by atoms with van der Waals surface area (Å²) < 4.78 is 0.708. The Kier molecular flexibility index (Phi) is 4.87. The first-order chi connectivity index (χ1) is 9.00. The van der Waals surface area contributed by atoms with E-state index in [0.29, 0.717) is 21.6 Å². The van der Waals surface area contributed by atoms with Crippen LogP contribution in [0.2, 0.25) is 5.02 Å². The van der Waals surface area contributed by atoms with E-state index in [2.05, 4.69) is 21.2 Å². The van der Waals surface area contributed by atoms with Crippen molar-refractivity contribution in [3.05, 3.63) is 27.7 Å². The summed E-state index contributed by atoms with van der Waals surface area (Å²) in [6.07, 6.45) is 5.68. The molecule has 104 valence electrons. The third-order valence-electron chi connectivity index (χ3n) is 3.59. The molecule has 0 spiro atoms. The van der Waals surface area contributed by atoms with Crippen LogP contribution < -0.4 is 11.1 Å². The Labute approximate surface area is 127 Å². The molecule has 0 saturated heterocycles. The van der Waals surface area contributed by atoms with Crippen molar-refractivity contribution in [3.8, 4) is 0 Å². The Morgan fingerprint density at radius 2 is 2.05 bits per heavy atom. The Balaban J connectivity index is 1.99. The molecule has 0 aliphatic heterocycles. The van der Waals surface area contributed by atoms with E-state index in [-0.39, 0.29) is 11.4 Å². The van der Waals surface area contributed by atoms with Gasteiger partial charge in [0, 0.05) is 12.0 Å². The number of nitrogens with one attached hydrogen (secondary N) is 1. The SMILES string of the molecule is NC1(CC(=O)Nc2cccc(Cl)c2Br)CCCCC1. The largest absolute Gasteiger partial charge is 0.325 e. The summed E-state index contributed by atoms with van der Waals surface area (Å²) in [6.45, 7) is 0. The van der Waals surface area contributed by atoms with Gasteiger partial charge in [-0.25, -0.2) is 0 Å². The molecule has 1 saturated carbocycles. The zero-order valence-corrected chi connectivity index (χ0v) is 13.1. The molecular formula is C14H18BrClN2O. The van der Waals surface area contributed by atoms with Crippen molar-refractivity contribution in [2.24, 2.45) is 5.73 Å². The van der Waals surface area contributed by atoms with E-state index >= 15 is 0 Å². The second-order valence-electron chi connectivity index (χ2n) is 5.25. The fourth-order valence-corrected chi connectivity index (χ4v) is 3.09. The lowest BCUT2D eigenvalue weighted by molar-refractivity contribution is -0.117. The summed E-state index contributed by atoms with van der Waals surface area (Å²) in [5.41, 5.74) is 6.63. The first kappa shape index (κ1) is 14.8. The monoisotopic (exact) mass is 344 g/mol. The number of hydrogen-bond donors (Lipinski definition) is 2. The van der Waals surface area contributed by atoms with Crippen LogP contribution in [0.1, 0.15) is 38.5 Å². The molecule has 0 heterocycles. The number of carbonyl (C=O) groups is 1. The van der Waals surface area contributed by atoms with Gasteiger partial charge in [-0.15, -0.1) is 0 Å². The average molecular weight is 346 g/mol. The van der Waals surface area contributed by atoms with Gasteiger partial charge < -0.3 is 11.1 Å². The topological polar surface area (TPSA) is 55.1 Å². The van der Waals surface area contributed by atoms with E-state index in [1.54, 1.807) is 6.07 Å². The number of halogens is 2. The minimum Gasteiger partial charge on any atom is -0.325 e. The lowest BCUT2D eigenvalue weighted by atomic mass is 9.80. The lowest BCUT2D eigenvalue weighted by Gasteiger charge is -2.32. The van der Waals surface area contributed by atoms with Crippen LogP contribution in [0.5, 0.6) is 0 Å². The van der Waals surface area contributed by atoms with Gasteiger partial charge in [-0.2, -0.15) is 0 Å². The highest BCUT2D eigenvalue weighted by Crippen LogP contribution is 2.32. The third-order valence-corrected chi connectivity index (χ3v) is 4.99. The van der Waals surface area contributed by atoms with Crippen LogP contribution in [-0.4, -0.2) is 11.4 Å². The Hall–Kier alpha value is -0.580. The van der Waals surface area contributed by atoms with Crippen molar-refractivity contribution in [1.82, 2.24) is 0 Å². The molecule has 0 bridgehead atoms. The second kappa shape index (κ2) is 6.25. The molecule has 0 radical (unpaired) electrons. The molecule has 2 rings (SSSR count). The Morgan fingerprint density at radius 1 is 1.37 bits per heavy atom. The Morgan fingerprint density at radius 3 is 2.74 bits per heavy atom. The maximum atomic E-state index is 12.1. The van der Waals surface area contributed by atoms with Crippen LogP contribution in [0.3, 0.4) is 0 Å². The molecule has 3 N–H and O–H groups in total. The van der Waals surface area contributed by atoms with E-state index < -0.39 is 0 Å². The number of nitrogens with two attached hydrogens (primary N) is 1. The standard InChI is InChI=1S/C14H18BrClN2O/c15-13-10(16)5-4-6-11(13)18-12(19)9-14(17)7-2-1-3-8-14/h4-6H,1-3,7-9,17H2,(H,18,19). The van der Waals surface area contributed by atoms with Crippen molar-refractivity contribution in [3.63, 3.8) is 0 Å². The van der Waals surface area contributed by atoms with Gasteiger partial charge in [0.1, 0.15) is 0 Å². The fourth-order valence-electron chi connectivity index (χ4n) is 2.55. The lowest BCUT2D eigenvalue weighted by Crippen LogP contribution is -2.44. The molecule has 1 fully saturated rings. The number of amides is 1. The minimum atomic E-state index is -0.340. The molecule has 1 amide bonds. The van der Waals surface area contributed by atoms with Crippen LogP contribution in [0.4, 0.5) is 5.69 Å². The zero-order valence-electron chi connectivity index (χ0n) is 10.7. The van der Waals surface area contributed by atoms with Gasteiger partial charge in [-0.05, 0) is 40.9 Å². The number of carbonyl (C=O) groups excluding carboxylic acids is 1. The number of anilines is 1. The van der Waals surface area contributed by atoms with Gasteiger partial charge in [0.25, 0.3) is 0 Å². The summed E-state index contributed by atoms with van der Waals surface area (Å²) in [5.74, 6) is -0.0487. The average Bonchev–Trinajstić information content (AvgIpc) is 2.35. The predicted octanol–water partition coefficient (Wildman–Crippen LogP) is 4.09. The van der Waals surface area contributed by atoms with Crippen LogP contribution in [-0.2, 0) is 4.79 Å². The summed E-state index contributed by atoms with van der Waals surface area (Å²) in [4.78, 5) is 12.1. The summed E-state index contributed by atoms with van der Waals surface area (Å²) >= 11 is 9.36. The maximum Gasteiger partial charge on any atom is 0.226 e. The minimum absolute atomic E-state index is 0.0487. The molecule has 1 aromatic rings. The van der Waals surface area contributed by atoms with Crippen molar-refractivity contribution < 1.29 is 4.79 Å². The molecule has 1 aliphatic rings. The molecule has 19 heavy (non-hydrogen) atoms. The molecule has 0 aromatic heterocycles. The van der Waals surface area contributed by atoms with Crippen molar-refractivity contribution in [1.29, 1.82) is 0 Å². The first-order valence-corrected chi connectivity index (χ1v) is 7.70. The molecule has 1 aromatic carbocycles. The molecule has 1 aliphatic carbocycles. The molecule has 5 heteroatoms. The van der Waals surface area contributed by atoms with Gasteiger partial charge in [0.2, 0.25) is 5.91 Å². The quantitative estimate of drug-likeness (QED) is 0.867. The highest BCUT2D eigenvalue weighted by Gasteiger charge is 2.30. The number of hydrogen-bond acceptors (Lipinski definition) is 2. The van der Waals surface area contributed by atoms with E-state index in [4.69, 9.17) is 17.3 Å². The van der Waals surface area contributed by atoms with Crippen molar-refractivity contribution in [2.45, 2.75) is 44.1 Å². The van der Waals surface area contributed by atoms with Gasteiger partial charge >= 0.3 is 0 Å². The summed E-state index contributed by atoms with van der Waals surface area (Å²) in [6, 6.07) is 5.40. The van der Waals surface area contributed by atoms with Crippen LogP contribution in [0, 0.1) is 0 Å². The predicted molar refractivity (Wildman–Crippen MR) is 82.4 cm³/mol. The first-order valence-electron chi connectivity index (χ1n) is 6.53. The van der Waals surface area contributed by atoms with Crippen molar-refractivity contribution >= 4 is 39.1 Å². The smallest absolute Gasteiger partial charge is 0.226 e. The normalized spacial score (nSPS) is 18.1. The molecule has 0 unspecified atom stereocenters. The second-order valence-corrected chi connectivity index (χ2v) is 6.45. The van der Waals surface area contributed by atoms with E-state index in [1.807, 2.05) is 12.1 Å². The highest BCUT2D eigenvalue weighted by atomic mass is 79.9. The molecule has 0 atom stereocenters. The highest BCUT2D eigenvalue weighted by molar-refractivity contribution is 9.10. The van der Waals surface area contributed by atoms with Crippen molar-refractivity contribution in [2.75, 3.05) is 5.32 Å². The zero-order chi connectivity index (χ0) is 13.9. The van der Waals surface area contributed by atoms with Gasteiger partial charge in [-0.1, -0.05) is 36.9 Å². The van der Waals surface area contributed by atoms with E-state index in [0.717, 1.165) is 25.7 Å². The summed E-state index contributed by atoms with van der Waals surface area (Å²) in [7, 11) is 0. The van der Waals surface area contributed by atoms with Gasteiger partial charge in [-0.3, -0.25) is 4.79 Å². The van der Waals surface area contributed by atoms with Crippen LogP contribution in [0.25, 0.3) is 0 Å². The van der Waals surface area contributed by atoms with E-state index in [9.17, 15) is 4.79 Å². The number of benzene rings is 1. The Bertz CT molecular complexity index is 473. The summed E-state index contributed by atoms with van der Waals surface area (Å²) in [5, 5.41) is 3.45. The molecule has 3 nitrogen and oxygen atoms in total. The van der Waals surface area contributed by atoms with Gasteiger partial charge in [0.05, 0.1) is 15.2 Å². The van der Waals surface area contributed by atoms with Gasteiger partial charge in [0.15, 0.2) is 0 Å². The fraction of sp³-hybridized carbons (Fsp3) is 0.500. The molecular weight excluding hydrogens is 328 g/mol. The third kappa shape index (κ3) is 3.94.